The summed E-state index contributed by atoms with van der Waals surface area (Å²) < 4.78 is 26.7. The van der Waals surface area contributed by atoms with Gasteiger partial charge in [0.05, 0.1) is 11.6 Å². The molecule has 1 aliphatic heterocycles. The number of nitriles is 1. The summed E-state index contributed by atoms with van der Waals surface area (Å²) in [6, 6.07) is 12.4. The Hall–Kier alpha value is -2.76. The molecule has 7 nitrogen and oxygen atoms in total. The van der Waals surface area contributed by atoms with E-state index in [0.29, 0.717) is 38.0 Å². The minimum Gasteiger partial charge on any atom is -0.341 e. The molecule has 1 amide bonds. The number of rotatable bonds is 5. The minimum absolute atomic E-state index is 0.000728. The third-order valence-corrected chi connectivity index (χ3v) is 6.81. The van der Waals surface area contributed by atoms with Crippen LogP contribution in [0.15, 0.2) is 53.7 Å². The first kappa shape index (κ1) is 20.0. The van der Waals surface area contributed by atoms with Crippen molar-refractivity contribution in [1.29, 1.82) is 5.26 Å². The van der Waals surface area contributed by atoms with Gasteiger partial charge in [0.1, 0.15) is 4.90 Å². The Labute approximate surface area is 165 Å². The van der Waals surface area contributed by atoms with E-state index in [1.807, 2.05) is 6.07 Å². The molecule has 2 heterocycles. The maximum atomic E-state index is 12.8. The van der Waals surface area contributed by atoms with Crippen molar-refractivity contribution in [3.63, 3.8) is 0 Å². The summed E-state index contributed by atoms with van der Waals surface area (Å²) >= 11 is 0. The second-order valence-corrected chi connectivity index (χ2v) is 8.81. The van der Waals surface area contributed by atoms with Crippen LogP contribution >= 0.6 is 0 Å². The van der Waals surface area contributed by atoms with Gasteiger partial charge in [-0.15, -0.1) is 0 Å². The Morgan fingerprint density at radius 1 is 1.29 bits per heavy atom. The van der Waals surface area contributed by atoms with E-state index >= 15 is 0 Å². The highest BCUT2D eigenvalue weighted by atomic mass is 32.2. The van der Waals surface area contributed by atoms with Gasteiger partial charge >= 0.3 is 0 Å². The number of pyridine rings is 1. The van der Waals surface area contributed by atoms with Crippen molar-refractivity contribution in [2.45, 2.75) is 24.3 Å². The molecule has 1 aromatic heterocycles. The van der Waals surface area contributed by atoms with Crippen LogP contribution in [0.4, 0.5) is 0 Å². The molecule has 8 heteroatoms. The first-order valence-electron chi connectivity index (χ1n) is 9.06. The Morgan fingerprint density at radius 3 is 2.68 bits per heavy atom. The number of hydrogen-bond donors (Lipinski definition) is 0. The van der Waals surface area contributed by atoms with Crippen molar-refractivity contribution < 1.29 is 13.2 Å². The highest BCUT2D eigenvalue weighted by Crippen LogP contribution is 2.25. The number of benzene rings is 1. The van der Waals surface area contributed by atoms with E-state index in [2.05, 4.69) is 11.1 Å². The fourth-order valence-corrected chi connectivity index (χ4v) is 4.83. The molecule has 0 N–H and O–H groups in total. The fraction of sp³-hybridized carbons (Fsp3) is 0.350. The lowest BCUT2D eigenvalue weighted by molar-refractivity contribution is -0.135. The molecule has 0 spiro atoms. The highest BCUT2D eigenvalue weighted by molar-refractivity contribution is 7.89. The highest BCUT2D eigenvalue weighted by Gasteiger charge is 2.33. The van der Waals surface area contributed by atoms with Gasteiger partial charge in [-0.3, -0.25) is 9.78 Å². The van der Waals surface area contributed by atoms with Crippen LogP contribution in [0.2, 0.25) is 0 Å². The zero-order valence-corrected chi connectivity index (χ0v) is 16.5. The molecule has 1 saturated heterocycles. The maximum Gasteiger partial charge on any atom is 0.244 e. The van der Waals surface area contributed by atoms with Gasteiger partial charge in [-0.25, -0.2) is 8.42 Å². The molecule has 0 unspecified atom stereocenters. The van der Waals surface area contributed by atoms with Gasteiger partial charge in [0, 0.05) is 45.0 Å². The Balaban J connectivity index is 1.59. The van der Waals surface area contributed by atoms with Crippen LogP contribution in [0.5, 0.6) is 0 Å². The van der Waals surface area contributed by atoms with Gasteiger partial charge < -0.3 is 4.90 Å². The van der Waals surface area contributed by atoms with Crippen LogP contribution in [-0.4, -0.2) is 48.7 Å². The van der Waals surface area contributed by atoms with E-state index in [9.17, 15) is 13.2 Å². The van der Waals surface area contributed by atoms with Crippen LogP contribution in [0.1, 0.15) is 24.0 Å². The molecule has 1 aliphatic rings. The van der Waals surface area contributed by atoms with Crippen molar-refractivity contribution in [3.05, 3.63) is 59.9 Å². The summed E-state index contributed by atoms with van der Waals surface area (Å²) in [5.74, 6) is -0.203. The number of carbonyl (C=O) groups excluding carboxylic acids is 1. The summed E-state index contributed by atoms with van der Waals surface area (Å²) in [5.41, 5.74) is 1.46. The first-order valence-corrected chi connectivity index (χ1v) is 10.5. The molecule has 1 fully saturated rings. The van der Waals surface area contributed by atoms with Crippen molar-refractivity contribution in [2.75, 3.05) is 20.1 Å². The number of sulfonamides is 1. The standard InChI is InChI=1S/C20H22N4O3S/c1-23(15-17-5-2-4-16(12-17)13-21)20(25)18-7-10-24(11-8-18)28(26,27)19-6-3-9-22-14-19/h2-6,9,12,14,18H,7-8,10-11,15H2,1H3. The number of aromatic nitrogens is 1. The molecular weight excluding hydrogens is 376 g/mol. The predicted molar refractivity (Wildman–Crippen MR) is 103 cm³/mol. The Kier molecular flexibility index (Phi) is 6.07. The fourth-order valence-electron chi connectivity index (χ4n) is 3.39. The number of piperidine rings is 1. The van der Waals surface area contributed by atoms with Crippen LogP contribution in [0.25, 0.3) is 0 Å². The Bertz CT molecular complexity index is 978. The average Bonchev–Trinajstić information content (AvgIpc) is 2.74. The topological polar surface area (TPSA) is 94.4 Å². The molecule has 0 aliphatic carbocycles. The molecular formula is C20H22N4O3S. The van der Waals surface area contributed by atoms with Gasteiger partial charge in [-0.1, -0.05) is 12.1 Å². The van der Waals surface area contributed by atoms with Gasteiger partial charge in [-0.05, 0) is 42.7 Å². The molecule has 0 radical (unpaired) electrons. The van der Waals surface area contributed by atoms with E-state index in [0.717, 1.165) is 5.56 Å². The van der Waals surface area contributed by atoms with Crippen molar-refractivity contribution in [2.24, 2.45) is 5.92 Å². The summed E-state index contributed by atoms with van der Waals surface area (Å²) in [6.45, 7) is 1.04. The lowest BCUT2D eigenvalue weighted by Gasteiger charge is -2.32. The van der Waals surface area contributed by atoms with E-state index in [4.69, 9.17) is 5.26 Å². The number of hydrogen-bond acceptors (Lipinski definition) is 5. The van der Waals surface area contributed by atoms with E-state index in [1.54, 1.807) is 36.2 Å². The molecule has 0 saturated carbocycles. The van der Waals surface area contributed by atoms with E-state index < -0.39 is 10.0 Å². The zero-order chi connectivity index (χ0) is 20.1. The van der Waals surface area contributed by atoms with Crippen LogP contribution < -0.4 is 0 Å². The van der Waals surface area contributed by atoms with E-state index in [1.165, 1.54) is 22.8 Å². The van der Waals surface area contributed by atoms with Crippen LogP contribution in [0, 0.1) is 17.2 Å². The molecule has 2 aromatic rings. The second kappa shape index (κ2) is 8.50. The van der Waals surface area contributed by atoms with Crippen molar-refractivity contribution in [3.8, 4) is 6.07 Å². The number of amides is 1. The number of carbonyl (C=O) groups is 1. The zero-order valence-electron chi connectivity index (χ0n) is 15.7. The minimum atomic E-state index is -3.57. The Morgan fingerprint density at radius 2 is 2.04 bits per heavy atom. The van der Waals surface area contributed by atoms with Gasteiger partial charge in [-0.2, -0.15) is 9.57 Å². The predicted octanol–water partition coefficient (Wildman–Crippen LogP) is 2.01. The lowest BCUT2D eigenvalue weighted by Crippen LogP contribution is -2.43. The van der Waals surface area contributed by atoms with Gasteiger partial charge in [0.15, 0.2) is 0 Å². The number of nitrogens with zero attached hydrogens (tertiary/aromatic N) is 4. The molecule has 0 bridgehead atoms. The third kappa shape index (κ3) is 4.38. The third-order valence-electron chi connectivity index (χ3n) is 4.93. The summed E-state index contributed by atoms with van der Waals surface area (Å²) in [4.78, 5) is 18.5. The second-order valence-electron chi connectivity index (χ2n) is 6.87. The molecule has 0 atom stereocenters. The quantitative estimate of drug-likeness (QED) is 0.768. The van der Waals surface area contributed by atoms with Gasteiger partial charge in [0.2, 0.25) is 15.9 Å². The van der Waals surface area contributed by atoms with Crippen LogP contribution in [0.3, 0.4) is 0 Å². The van der Waals surface area contributed by atoms with Crippen molar-refractivity contribution in [1.82, 2.24) is 14.2 Å². The molecule has 1 aromatic carbocycles. The monoisotopic (exact) mass is 398 g/mol. The lowest BCUT2D eigenvalue weighted by atomic mass is 9.96. The molecule has 146 valence electrons. The SMILES string of the molecule is CN(Cc1cccc(C#N)c1)C(=O)C1CCN(S(=O)(=O)c2cccnc2)CC1. The van der Waals surface area contributed by atoms with E-state index in [-0.39, 0.29) is 16.7 Å². The summed E-state index contributed by atoms with van der Waals surface area (Å²) in [5, 5.41) is 8.99. The largest absolute Gasteiger partial charge is 0.341 e. The van der Waals surface area contributed by atoms with Crippen molar-refractivity contribution >= 4 is 15.9 Å². The summed E-state index contributed by atoms with van der Waals surface area (Å²) in [7, 11) is -1.84. The summed E-state index contributed by atoms with van der Waals surface area (Å²) in [6.07, 6.45) is 3.85. The smallest absolute Gasteiger partial charge is 0.244 e. The van der Waals surface area contributed by atoms with Crippen LogP contribution in [-0.2, 0) is 21.4 Å². The van der Waals surface area contributed by atoms with Gasteiger partial charge in [0.25, 0.3) is 0 Å². The maximum absolute atomic E-state index is 12.8. The molecule has 3 rings (SSSR count). The normalized spacial score (nSPS) is 15.7. The average molecular weight is 398 g/mol. The molecule has 28 heavy (non-hydrogen) atoms. The first-order chi connectivity index (χ1) is 13.4.